The van der Waals surface area contributed by atoms with Crippen LogP contribution in [0, 0.1) is 17.7 Å². The average Bonchev–Trinajstić information content (AvgIpc) is 3.32. The third kappa shape index (κ3) is 2.86. The Labute approximate surface area is 199 Å². The van der Waals surface area contributed by atoms with E-state index in [0.29, 0.717) is 5.69 Å². The molecular formula is C26H17ClFN3O3. The van der Waals surface area contributed by atoms with Crippen LogP contribution in [-0.2, 0) is 9.59 Å². The number of hydrogen-bond donors (Lipinski definition) is 0. The van der Waals surface area contributed by atoms with Gasteiger partial charge in [-0.15, -0.1) is 0 Å². The smallest absolute Gasteiger partial charge is 0.240 e. The van der Waals surface area contributed by atoms with Crippen molar-refractivity contribution in [3.63, 3.8) is 0 Å². The van der Waals surface area contributed by atoms with Gasteiger partial charge in [-0.05, 0) is 47.5 Å². The Kier molecular flexibility index (Phi) is 4.64. The highest BCUT2D eigenvalue weighted by atomic mass is 35.5. The number of benzene rings is 3. The number of ketones is 1. The van der Waals surface area contributed by atoms with Crippen molar-refractivity contribution >= 4 is 41.1 Å². The van der Waals surface area contributed by atoms with Crippen molar-refractivity contribution in [2.75, 3.05) is 4.90 Å². The minimum absolute atomic E-state index is 0.247. The van der Waals surface area contributed by atoms with Crippen LogP contribution < -0.4 is 4.90 Å². The number of Topliss-reactive ketones (excluding diaryl/α,β-unsaturated/α-hetero) is 1. The molecule has 0 aromatic heterocycles. The summed E-state index contributed by atoms with van der Waals surface area (Å²) in [4.78, 5) is 42.3. The van der Waals surface area contributed by atoms with Gasteiger partial charge in [-0.25, -0.2) is 9.29 Å². The number of halogens is 2. The molecule has 0 saturated carbocycles. The minimum atomic E-state index is -1.02. The van der Waals surface area contributed by atoms with Crippen molar-refractivity contribution in [2.45, 2.75) is 12.1 Å². The first-order chi connectivity index (χ1) is 16.5. The van der Waals surface area contributed by atoms with E-state index in [-0.39, 0.29) is 10.6 Å². The van der Waals surface area contributed by atoms with Gasteiger partial charge in [-0.3, -0.25) is 19.4 Å². The zero-order valence-electron chi connectivity index (χ0n) is 17.6. The maximum atomic E-state index is 13.8. The Morgan fingerprint density at radius 2 is 1.56 bits per heavy atom. The number of amides is 2. The van der Waals surface area contributed by atoms with Crippen LogP contribution in [0.1, 0.15) is 27.5 Å². The van der Waals surface area contributed by atoms with Crippen LogP contribution >= 0.6 is 11.6 Å². The van der Waals surface area contributed by atoms with E-state index in [4.69, 9.17) is 11.6 Å². The number of para-hydroxylation sites is 1. The number of fused-ring (bicyclic) bond motifs is 5. The molecule has 6 nitrogen and oxygen atoms in total. The number of hydrazone groups is 1. The minimum Gasteiger partial charge on any atom is -0.292 e. The van der Waals surface area contributed by atoms with E-state index < -0.39 is 47.3 Å². The Morgan fingerprint density at radius 3 is 2.32 bits per heavy atom. The van der Waals surface area contributed by atoms with E-state index in [1.807, 2.05) is 24.3 Å². The standard InChI is InChI=1S/C26H17ClFN3O3/c27-18-7-3-4-8-19(18)30-25(33)20-21(26(30)34)23(24(32)14-9-11-16(28)12-10-14)31-22(20)17-6-2-1-5-15(17)13-29-31/h1-13,20-23H/t20-,21+,22?,23-/m1/s1. The highest BCUT2D eigenvalue weighted by molar-refractivity contribution is 6.36. The molecule has 0 spiro atoms. The summed E-state index contributed by atoms with van der Waals surface area (Å²) in [5.74, 6) is -3.56. The molecule has 3 aromatic carbocycles. The quantitative estimate of drug-likeness (QED) is 0.421. The molecule has 0 N–H and O–H groups in total. The van der Waals surface area contributed by atoms with Gasteiger partial charge in [0.05, 0.1) is 34.8 Å². The van der Waals surface area contributed by atoms with Crippen molar-refractivity contribution in [3.8, 4) is 0 Å². The predicted molar refractivity (Wildman–Crippen MR) is 124 cm³/mol. The molecule has 0 bridgehead atoms. The summed E-state index contributed by atoms with van der Waals surface area (Å²) in [6.45, 7) is 0. The molecule has 0 radical (unpaired) electrons. The van der Waals surface area contributed by atoms with Gasteiger partial charge in [0.1, 0.15) is 11.9 Å². The van der Waals surface area contributed by atoms with Crippen molar-refractivity contribution in [1.29, 1.82) is 0 Å². The van der Waals surface area contributed by atoms with Crippen molar-refractivity contribution in [1.82, 2.24) is 5.01 Å². The Morgan fingerprint density at radius 1 is 0.882 bits per heavy atom. The molecule has 3 heterocycles. The van der Waals surface area contributed by atoms with E-state index in [1.54, 1.807) is 35.5 Å². The van der Waals surface area contributed by atoms with E-state index in [2.05, 4.69) is 5.10 Å². The molecule has 6 rings (SSSR count). The highest BCUT2D eigenvalue weighted by Crippen LogP contribution is 2.53. The summed E-state index contributed by atoms with van der Waals surface area (Å²) in [5, 5.41) is 6.35. The van der Waals surface area contributed by atoms with E-state index in [0.717, 1.165) is 16.0 Å². The van der Waals surface area contributed by atoms with Gasteiger partial charge >= 0.3 is 0 Å². The number of carbonyl (C=O) groups excluding carboxylic acids is 3. The summed E-state index contributed by atoms with van der Waals surface area (Å²) in [6.07, 6.45) is 1.64. The van der Waals surface area contributed by atoms with Crippen LogP contribution in [0.4, 0.5) is 10.1 Å². The van der Waals surface area contributed by atoms with Crippen LogP contribution in [0.5, 0.6) is 0 Å². The molecule has 0 aliphatic carbocycles. The molecule has 2 saturated heterocycles. The lowest BCUT2D eigenvalue weighted by Gasteiger charge is -2.33. The number of hydrogen-bond acceptors (Lipinski definition) is 5. The molecule has 2 amide bonds. The lowest BCUT2D eigenvalue weighted by molar-refractivity contribution is -0.124. The molecule has 3 aliphatic heterocycles. The monoisotopic (exact) mass is 473 g/mol. The number of rotatable bonds is 3. The summed E-state index contributed by atoms with van der Waals surface area (Å²) in [6, 6.07) is 17.7. The number of carbonyl (C=O) groups is 3. The second-order valence-electron chi connectivity index (χ2n) is 8.53. The van der Waals surface area contributed by atoms with E-state index in [1.165, 1.54) is 24.3 Å². The molecule has 3 aliphatic rings. The molecule has 1 unspecified atom stereocenters. The molecule has 168 valence electrons. The molecule has 2 fully saturated rings. The van der Waals surface area contributed by atoms with Crippen molar-refractivity contribution in [2.24, 2.45) is 16.9 Å². The molecular weight excluding hydrogens is 457 g/mol. The third-order valence-electron chi connectivity index (χ3n) is 6.78. The third-order valence-corrected chi connectivity index (χ3v) is 7.10. The van der Waals surface area contributed by atoms with Gasteiger partial charge in [0.2, 0.25) is 11.8 Å². The molecule has 3 aromatic rings. The molecule has 8 heteroatoms. The van der Waals surface area contributed by atoms with Crippen LogP contribution in [-0.4, -0.2) is 34.9 Å². The van der Waals surface area contributed by atoms with Crippen LogP contribution in [0.15, 0.2) is 77.9 Å². The highest BCUT2D eigenvalue weighted by Gasteiger charge is 2.65. The predicted octanol–water partition coefficient (Wildman–Crippen LogP) is 4.24. The van der Waals surface area contributed by atoms with E-state index in [9.17, 15) is 18.8 Å². The first kappa shape index (κ1) is 20.7. The lowest BCUT2D eigenvalue weighted by atomic mass is 9.83. The van der Waals surface area contributed by atoms with Crippen molar-refractivity contribution < 1.29 is 18.8 Å². The summed E-state index contributed by atoms with van der Waals surface area (Å²) < 4.78 is 13.5. The van der Waals surface area contributed by atoms with Gasteiger partial charge < -0.3 is 0 Å². The second-order valence-corrected chi connectivity index (χ2v) is 8.94. The fraction of sp³-hybridized carbons (Fsp3) is 0.154. The normalized spacial score (nSPS) is 24.8. The number of imide groups is 1. The van der Waals surface area contributed by atoms with Gasteiger partial charge in [0.25, 0.3) is 0 Å². The summed E-state index contributed by atoms with van der Waals surface area (Å²) in [7, 11) is 0. The Bertz CT molecular complexity index is 1390. The molecule has 4 atom stereocenters. The molecule has 34 heavy (non-hydrogen) atoms. The fourth-order valence-electron chi connectivity index (χ4n) is 5.32. The Balaban J connectivity index is 1.51. The largest absolute Gasteiger partial charge is 0.292 e. The lowest BCUT2D eigenvalue weighted by Crippen LogP contribution is -2.44. The average molecular weight is 474 g/mol. The Hall–Kier alpha value is -3.84. The van der Waals surface area contributed by atoms with Crippen LogP contribution in [0.25, 0.3) is 0 Å². The number of nitrogens with zero attached hydrogens (tertiary/aromatic N) is 3. The number of anilines is 1. The van der Waals surface area contributed by atoms with Gasteiger partial charge in [0, 0.05) is 5.56 Å². The maximum Gasteiger partial charge on any atom is 0.240 e. The van der Waals surface area contributed by atoms with Crippen molar-refractivity contribution in [3.05, 3.63) is 100 Å². The SMILES string of the molecule is O=C(c1ccc(F)cc1)[C@H]1[C@H]2C(=O)N(c3ccccc3Cl)C(=O)[C@H]2C2c3ccccc3C=NN21. The summed E-state index contributed by atoms with van der Waals surface area (Å²) in [5.41, 5.74) is 2.19. The van der Waals surface area contributed by atoms with Crippen LogP contribution in [0.3, 0.4) is 0 Å². The van der Waals surface area contributed by atoms with E-state index >= 15 is 0 Å². The second kappa shape index (κ2) is 7.60. The topological polar surface area (TPSA) is 70.0 Å². The van der Waals surface area contributed by atoms with Gasteiger partial charge in [0.15, 0.2) is 5.78 Å². The summed E-state index contributed by atoms with van der Waals surface area (Å²) >= 11 is 6.34. The van der Waals surface area contributed by atoms with Crippen LogP contribution in [0.2, 0.25) is 5.02 Å². The maximum absolute atomic E-state index is 13.8. The zero-order chi connectivity index (χ0) is 23.6. The zero-order valence-corrected chi connectivity index (χ0v) is 18.4. The first-order valence-corrected chi connectivity index (χ1v) is 11.2. The van der Waals surface area contributed by atoms with Gasteiger partial charge in [-0.2, -0.15) is 5.10 Å². The van der Waals surface area contributed by atoms with Gasteiger partial charge in [-0.1, -0.05) is 48.0 Å². The fourth-order valence-corrected chi connectivity index (χ4v) is 5.54. The first-order valence-electron chi connectivity index (χ1n) is 10.8.